The lowest BCUT2D eigenvalue weighted by atomic mass is 10.1. The van der Waals surface area contributed by atoms with Gasteiger partial charge in [-0.3, -0.25) is 25.0 Å². The van der Waals surface area contributed by atoms with E-state index >= 15 is 0 Å². The molecule has 0 radical (unpaired) electrons. The molecule has 1 unspecified atom stereocenters. The Hall–Kier alpha value is -3.00. The average Bonchev–Trinajstić information content (AvgIpc) is 2.98. The van der Waals surface area contributed by atoms with Crippen LogP contribution in [0.25, 0.3) is 0 Å². The van der Waals surface area contributed by atoms with Crippen LogP contribution >= 0.6 is 0 Å². The van der Waals surface area contributed by atoms with Crippen LogP contribution in [0.15, 0.2) is 59.8 Å². The van der Waals surface area contributed by atoms with Crippen molar-refractivity contribution in [3.8, 4) is 0 Å². The van der Waals surface area contributed by atoms with Gasteiger partial charge in [0.2, 0.25) is 0 Å². The molecule has 8 heteroatoms. The summed E-state index contributed by atoms with van der Waals surface area (Å²) in [5.74, 6) is 0.692. The number of aliphatic imine (C=N–C) groups is 1. The first-order chi connectivity index (χ1) is 15.3. The molecule has 1 fully saturated rings. The lowest BCUT2D eigenvalue weighted by molar-refractivity contribution is -0.404. The molecule has 0 bridgehead atoms. The normalized spacial score (nSPS) is 18.1. The molecule has 2 N–H and O–H groups in total. The summed E-state index contributed by atoms with van der Waals surface area (Å²) in [5, 5.41) is 10.8. The van der Waals surface area contributed by atoms with Gasteiger partial charge in [-0.2, -0.15) is 0 Å². The van der Waals surface area contributed by atoms with Crippen molar-refractivity contribution >= 4 is 6.21 Å². The monoisotopic (exact) mass is 440 g/mol. The molecular formula is C24H36N6O2. The highest BCUT2D eigenvalue weighted by Gasteiger charge is 2.25. The molecule has 1 aliphatic rings. The maximum atomic E-state index is 10.8. The van der Waals surface area contributed by atoms with Gasteiger partial charge in [-0.15, -0.1) is 0 Å². The molecule has 1 saturated heterocycles. The molecule has 2 heterocycles. The number of hydrogen-bond donors (Lipinski definition) is 1. The van der Waals surface area contributed by atoms with Gasteiger partial charge < -0.3 is 10.6 Å². The number of likely N-dealkylation sites (tertiary alicyclic amines) is 1. The fourth-order valence-electron chi connectivity index (χ4n) is 3.78. The van der Waals surface area contributed by atoms with E-state index in [-0.39, 0.29) is 11.9 Å². The second-order valence-electron chi connectivity index (χ2n) is 8.56. The third-order valence-corrected chi connectivity index (χ3v) is 5.51. The van der Waals surface area contributed by atoms with Crippen LogP contribution in [0.2, 0.25) is 0 Å². The third-order valence-electron chi connectivity index (χ3n) is 5.51. The number of aryl methyl sites for hydroxylation is 1. The molecule has 32 heavy (non-hydrogen) atoms. The van der Waals surface area contributed by atoms with Crippen LogP contribution in [0, 0.1) is 23.0 Å². The highest BCUT2D eigenvalue weighted by atomic mass is 16.6. The van der Waals surface area contributed by atoms with Crippen LogP contribution in [-0.4, -0.2) is 51.6 Å². The number of rotatable bonds is 10. The fraction of sp³-hybridized carbons (Fsp3) is 0.500. The van der Waals surface area contributed by atoms with E-state index < -0.39 is 4.92 Å². The van der Waals surface area contributed by atoms with E-state index in [0.29, 0.717) is 32.1 Å². The van der Waals surface area contributed by atoms with Gasteiger partial charge >= 0.3 is 0 Å². The first-order valence-corrected chi connectivity index (χ1v) is 11.1. The molecule has 0 spiro atoms. The lowest BCUT2D eigenvalue weighted by Gasteiger charge is -2.31. The number of pyridine rings is 1. The fourth-order valence-corrected chi connectivity index (χ4v) is 3.78. The molecule has 1 aromatic rings. The summed E-state index contributed by atoms with van der Waals surface area (Å²) in [5.41, 5.74) is 8.92. The number of nitro groups is 1. The van der Waals surface area contributed by atoms with Gasteiger partial charge in [0.15, 0.2) is 5.82 Å². The third kappa shape index (κ3) is 8.63. The Morgan fingerprint density at radius 1 is 1.47 bits per heavy atom. The Labute approximate surface area is 191 Å². The number of hydrogen-bond acceptors (Lipinski definition) is 7. The molecule has 2 rings (SSSR count). The van der Waals surface area contributed by atoms with E-state index in [2.05, 4.69) is 54.4 Å². The first kappa shape index (κ1) is 25.3. The minimum absolute atomic E-state index is 0.216. The molecule has 1 aromatic heterocycles. The van der Waals surface area contributed by atoms with Gasteiger partial charge in [-0.05, 0) is 49.8 Å². The second kappa shape index (κ2) is 12.8. The summed E-state index contributed by atoms with van der Waals surface area (Å²) >= 11 is 0. The maximum absolute atomic E-state index is 10.8. The van der Waals surface area contributed by atoms with Crippen molar-refractivity contribution in [3.05, 3.63) is 76.2 Å². The smallest absolute Gasteiger partial charge is 0.274 e. The van der Waals surface area contributed by atoms with Gasteiger partial charge in [-0.25, -0.2) is 0 Å². The van der Waals surface area contributed by atoms with Gasteiger partial charge in [0, 0.05) is 50.3 Å². The summed E-state index contributed by atoms with van der Waals surface area (Å²) in [6.45, 7) is 13.2. The Morgan fingerprint density at radius 2 is 2.25 bits per heavy atom. The zero-order valence-corrected chi connectivity index (χ0v) is 19.5. The average molecular weight is 441 g/mol. The van der Waals surface area contributed by atoms with Crippen molar-refractivity contribution < 1.29 is 4.92 Å². The minimum Gasteiger partial charge on any atom is -0.380 e. The van der Waals surface area contributed by atoms with Crippen LogP contribution in [-0.2, 0) is 6.54 Å². The predicted octanol–water partition coefficient (Wildman–Crippen LogP) is 3.88. The predicted molar refractivity (Wildman–Crippen MR) is 129 cm³/mol. The number of nitrogens with two attached hydrogens (primary N) is 1. The molecule has 0 aromatic carbocycles. The van der Waals surface area contributed by atoms with Gasteiger partial charge in [0.05, 0.1) is 10.6 Å². The van der Waals surface area contributed by atoms with Crippen molar-refractivity contribution in [1.82, 2.24) is 14.8 Å². The molecule has 174 valence electrons. The van der Waals surface area contributed by atoms with Crippen molar-refractivity contribution in [1.29, 1.82) is 0 Å². The molecule has 0 saturated carbocycles. The van der Waals surface area contributed by atoms with E-state index in [0.717, 1.165) is 42.4 Å². The van der Waals surface area contributed by atoms with Crippen molar-refractivity contribution in [2.45, 2.75) is 52.6 Å². The van der Waals surface area contributed by atoms with Crippen molar-refractivity contribution in [3.63, 3.8) is 0 Å². The number of allylic oxidation sites excluding steroid dienone is 2. The number of aromatic nitrogens is 1. The van der Waals surface area contributed by atoms with Gasteiger partial charge in [-0.1, -0.05) is 32.6 Å². The van der Waals surface area contributed by atoms with Gasteiger partial charge in [0.25, 0.3) is 6.20 Å². The molecular weight excluding hydrogens is 404 g/mol. The number of nitrogens with zero attached hydrogens (tertiary/aromatic N) is 5. The van der Waals surface area contributed by atoms with E-state index in [4.69, 9.17) is 5.73 Å². The van der Waals surface area contributed by atoms with E-state index in [1.54, 1.807) is 6.21 Å². The lowest BCUT2D eigenvalue weighted by Crippen LogP contribution is -2.37. The molecule has 0 amide bonds. The van der Waals surface area contributed by atoms with Gasteiger partial charge in [0.1, 0.15) is 0 Å². The molecule has 1 aliphatic heterocycles. The Kier molecular flexibility index (Phi) is 10.1. The largest absolute Gasteiger partial charge is 0.380 e. The van der Waals surface area contributed by atoms with E-state index in [9.17, 15) is 10.1 Å². The van der Waals surface area contributed by atoms with Crippen LogP contribution in [0.3, 0.4) is 0 Å². The van der Waals surface area contributed by atoms with E-state index in [1.165, 1.54) is 0 Å². The standard InChI is InChI=1S/C24H36N6O2/c1-19(2)8-5-12-26-21(4)16-29(17-23-20(3)9-6-13-27-23)22-10-7-14-28(15-11-22)24(25)18-30(31)32/h5-6,8-9,12-13,18-19,22H,4,7,10-11,14-17,25H2,1-3H3/b8-5-,24-18+,26-12?. The summed E-state index contributed by atoms with van der Waals surface area (Å²) in [6, 6.07) is 4.30. The summed E-state index contributed by atoms with van der Waals surface area (Å²) in [6.07, 6.45) is 11.3. The van der Waals surface area contributed by atoms with Crippen LogP contribution < -0.4 is 5.73 Å². The summed E-state index contributed by atoms with van der Waals surface area (Å²) in [7, 11) is 0. The Morgan fingerprint density at radius 3 is 2.94 bits per heavy atom. The van der Waals surface area contributed by atoms with Crippen LogP contribution in [0.5, 0.6) is 0 Å². The SMILES string of the molecule is C=C(CN(Cc1ncccc1C)C1CCCN(/C(N)=C/[N+](=O)[O-])CC1)N=C/C=C\C(C)C. The Balaban J connectivity index is 2.14. The summed E-state index contributed by atoms with van der Waals surface area (Å²) in [4.78, 5) is 23.7. The van der Waals surface area contributed by atoms with Crippen LogP contribution in [0.4, 0.5) is 0 Å². The molecule has 8 nitrogen and oxygen atoms in total. The Bertz CT molecular complexity index is 862. The van der Waals surface area contributed by atoms with E-state index in [1.807, 2.05) is 23.2 Å². The maximum Gasteiger partial charge on any atom is 0.274 e. The minimum atomic E-state index is -0.496. The van der Waals surface area contributed by atoms with Crippen molar-refractivity contribution in [2.75, 3.05) is 19.6 Å². The highest BCUT2D eigenvalue weighted by Crippen LogP contribution is 2.22. The quantitative estimate of drug-likeness (QED) is 0.337. The first-order valence-electron chi connectivity index (χ1n) is 11.1. The molecule has 1 atom stereocenters. The highest BCUT2D eigenvalue weighted by molar-refractivity contribution is 5.72. The zero-order chi connectivity index (χ0) is 23.5. The molecule has 0 aliphatic carbocycles. The topological polar surface area (TPSA) is 101 Å². The zero-order valence-electron chi connectivity index (χ0n) is 19.5. The van der Waals surface area contributed by atoms with Crippen molar-refractivity contribution in [2.24, 2.45) is 16.6 Å². The summed E-state index contributed by atoms with van der Waals surface area (Å²) < 4.78 is 0. The van der Waals surface area contributed by atoms with Crippen LogP contribution in [0.1, 0.15) is 44.4 Å². The second-order valence-corrected chi connectivity index (χ2v) is 8.56.